The van der Waals surface area contributed by atoms with E-state index < -0.39 is 0 Å². The molecule has 2 nitrogen and oxygen atoms in total. The molecule has 58 valence electrons. The third-order valence-corrected chi connectivity index (χ3v) is 2.16. The van der Waals surface area contributed by atoms with Gasteiger partial charge in [0.2, 0.25) is 0 Å². The van der Waals surface area contributed by atoms with Crippen LogP contribution >= 0.6 is 11.6 Å². The average Bonchev–Trinajstić information content (AvgIpc) is 2.04. The Morgan fingerprint density at radius 2 is 1.91 bits per heavy atom. The number of hydrogen-bond donors (Lipinski definition) is 0. The highest BCUT2D eigenvalue weighted by molar-refractivity contribution is 6.29. The van der Waals surface area contributed by atoms with Gasteiger partial charge in [-0.2, -0.15) is 0 Å². The van der Waals surface area contributed by atoms with Crippen LogP contribution in [0.5, 0.6) is 0 Å². The molecular formula is C8H9ClN2. The predicted molar refractivity (Wildman–Crippen MR) is 43.7 cm³/mol. The summed E-state index contributed by atoms with van der Waals surface area (Å²) < 4.78 is 0. The highest BCUT2D eigenvalue weighted by Crippen LogP contribution is 2.18. The highest BCUT2D eigenvalue weighted by Gasteiger charge is 2.11. The molecule has 0 aliphatic heterocycles. The van der Waals surface area contributed by atoms with E-state index in [4.69, 9.17) is 11.6 Å². The first-order chi connectivity index (χ1) is 5.36. The summed E-state index contributed by atoms with van der Waals surface area (Å²) in [7, 11) is 0. The Labute approximate surface area is 70.6 Å². The zero-order chi connectivity index (χ0) is 7.68. The quantitative estimate of drug-likeness (QED) is 0.592. The second-order valence-electron chi connectivity index (χ2n) is 2.79. The summed E-state index contributed by atoms with van der Waals surface area (Å²) >= 11 is 5.70. The molecule has 0 amide bonds. The van der Waals surface area contributed by atoms with Crippen molar-refractivity contribution in [3.63, 3.8) is 0 Å². The Balaban J connectivity index is 2.43. The maximum Gasteiger partial charge on any atom is 0.147 e. The Morgan fingerprint density at radius 3 is 2.73 bits per heavy atom. The van der Waals surface area contributed by atoms with Crippen LogP contribution in [0.15, 0.2) is 6.20 Å². The molecule has 0 N–H and O–H groups in total. The van der Waals surface area contributed by atoms with Crippen molar-refractivity contribution in [2.45, 2.75) is 25.7 Å². The molecule has 2 rings (SSSR count). The standard InChI is InChI=1S/C8H9ClN2/c9-8-5-10-6-3-1-2-4-7(6)11-8/h5H,1-4H2. The first kappa shape index (κ1) is 7.04. The lowest BCUT2D eigenvalue weighted by molar-refractivity contribution is 0.649. The highest BCUT2D eigenvalue weighted by atomic mass is 35.5. The van der Waals surface area contributed by atoms with Crippen molar-refractivity contribution in [3.8, 4) is 0 Å². The van der Waals surface area contributed by atoms with E-state index in [-0.39, 0.29) is 0 Å². The normalized spacial score (nSPS) is 16.1. The van der Waals surface area contributed by atoms with Crippen molar-refractivity contribution in [2.24, 2.45) is 0 Å². The van der Waals surface area contributed by atoms with Gasteiger partial charge in [-0.3, -0.25) is 4.98 Å². The van der Waals surface area contributed by atoms with Crippen LogP contribution in [0.1, 0.15) is 24.2 Å². The molecule has 1 aliphatic carbocycles. The molecule has 11 heavy (non-hydrogen) atoms. The summed E-state index contributed by atoms with van der Waals surface area (Å²) in [5, 5.41) is 0.519. The van der Waals surface area contributed by atoms with Crippen molar-refractivity contribution >= 4 is 11.6 Å². The fourth-order valence-corrected chi connectivity index (χ4v) is 1.57. The molecule has 0 aromatic carbocycles. The van der Waals surface area contributed by atoms with Crippen LogP contribution < -0.4 is 0 Å². The molecule has 0 fully saturated rings. The van der Waals surface area contributed by atoms with E-state index in [0.717, 1.165) is 24.2 Å². The summed E-state index contributed by atoms with van der Waals surface area (Å²) in [5.74, 6) is 0. The molecule has 1 aromatic rings. The minimum Gasteiger partial charge on any atom is -0.256 e. The van der Waals surface area contributed by atoms with Crippen molar-refractivity contribution in [1.29, 1.82) is 0 Å². The molecule has 0 atom stereocenters. The van der Waals surface area contributed by atoms with Gasteiger partial charge in [-0.25, -0.2) is 4.98 Å². The van der Waals surface area contributed by atoms with E-state index in [2.05, 4.69) is 9.97 Å². The van der Waals surface area contributed by atoms with Crippen LogP contribution in [0.3, 0.4) is 0 Å². The molecule has 1 heterocycles. The third-order valence-electron chi connectivity index (χ3n) is 1.98. The van der Waals surface area contributed by atoms with Crippen LogP contribution in [0.25, 0.3) is 0 Å². The largest absolute Gasteiger partial charge is 0.256 e. The minimum absolute atomic E-state index is 0.519. The topological polar surface area (TPSA) is 25.8 Å². The minimum atomic E-state index is 0.519. The lowest BCUT2D eigenvalue weighted by Crippen LogP contribution is -2.07. The number of hydrogen-bond acceptors (Lipinski definition) is 2. The molecule has 0 bridgehead atoms. The summed E-state index contributed by atoms with van der Waals surface area (Å²) in [5.41, 5.74) is 2.24. The third kappa shape index (κ3) is 1.36. The van der Waals surface area contributed by atoms with Crippen molar-refractivity contribution in [3.05, 3.63) is 22.7 Å². The van der Waals surface area contributed by atoms with Gasteiger partial charge in [0.1, 0.15) is 5.15 Å². The lowest BCUT2D eigenvalue weighted by atomic mass is 10.0. The molecule has 0 radical (unpaired) electrons. The van der Waals surface area contributed by atoms with Crippen molar-refractivity contribution < 1.29 is 0 Å². The molecule has 1 aromatic heterocycles. The zero-order valence-electron chi connectivity index (χ0n) is 6.18. The van der Waals surface area contributed by atoms with Gasteiger partial charge in [0, 0.05) is 0 Å². The summed E-state index contributed by atoms with van der Waals surface area (Å²) in [6, 6.07) is 0. The van der Waals surface area contributed by atoms with Crippen molar-refractivity contribution in [2.75, 3.05) is 0 Å². The van der Waals surface area contributed by atoms with Crippen LogP contribution in [-0.4, -0.2) is 9.97 Å². The Hall–Kier alpha value is -0.630. The van der Waals surface area contributed by atoms with Gasteiger partial charge < -0.3 is 0 Å². The number of nitrogens with zero attached hydrogens (tertiary/aromatic N) is 2. The molecular weight excluding hydrogens is 160 g/mol. The van der Waals surface area contributed by atoms with Gasteiger partial charge in [-0.05, 0) is 25.7 Å². The SMILES string of the molecule is Clc1cnc2c(n1)CCCC2. The first-order valence-electron chi connectivity index (χ1n) is 3.86. The number of fused-ring (bicyclic) bond motifs is 1. The van der Waals surface area contributed by atoms with E-state index in [1.54, 1.807) is 6.20 Å². The molecule has 0 saturated heterocycles. The van der Waals surface area contributed by atoms with Crippen LogP contribution in [0.4, 0.5) is 0 Å². The second kappa shape index (κ2) is 2.78. The maximum absolute atomic E-state index is 5.70. The van der Waals surface area contributed by atoms with Crippen LogP contribution in [-0.2, 0) is 12.8 Å². The Kier molecular flexibility index (Phi) is 1.78. The van der Waals surface area contributed by atoms with Gasteiger partial charge in [0.25, 0.3) is 0 Å². The molecule has 0 unspecified atom stereocenters. The molecule has 0 spiro atoms. The van der Waals surface area contributed by atoms with E-state index in [9.17, 15) is 0 Å². The Morgan fingerprint density at radius 1 is 1.18 bits per heavy atom. The van der Waals surface area contributed by atoms with Gasteiger partial charge in [0.15, 0.2) is 0 Å². The lowest BCUT2D eigenvalue weighted by Gasteiger charge is -2.12. The van der Waals surface area contributed by atoms with Gasteiger partial charge in [-0.1, -0.05) is 11.6 Å². The van der Waals surface area contributed by atoms with Crippen LogP contribution in [0, 0.1) is 0 Å². The zero-order valence-corrected chi connectivity index (χ0v) is 6.93. The Bertz CT molecular complexity index is 273. The molecule has 3 heteroatoms. The van der Waals surface area contributed by atoms with Crippen LogP contribution in [0.2, 0.25) is 5.15 Å². The van der Waals surface area contributed by atoms with E-state index in [0.29, 0.717) is 5.15 Å². The summed E-state index contributed by atoms with van der Waals surface area (Å²) in [6.45, 7) is 0. The fourth-order valence-electron chi connectivity index (χ4n) is 1.42. The monoisotopic (exact) mass is 168 g/mol. The van der Waals surface area contributed by atoms with E-state index in [1.165, 1.54) is 12.8 Å². The molecule has 0 saturated carbocycles. The summed E-state index contributed by atoms with van der Waals surface area (Å²) in [4.78, 5) is 8.44. The average molecular weight is 169 g/mol. The second-order valence-corrected chi connectivity index (χ2v) is 3.18. The van der Waals surface area contributed by atoms with E-state index >= 15 is 0 Å². The number of aromatic nitrogens is 2. The number of aryl methyl sites for hydroxylation is 2. The van der Waals surface area contributed by atoms with Gasteiger partial charge in [-0.15, -0.1) is 0 Å². The van der Waals surface area contributed by atoms with Gasteiger partial charge in [0.05, 0.1) is 17.6 Å². The fraction of sp³-hybridized carbons (Fsp3) is 0.500. The van der Waals surface area contributed by atoms with Gasteiger partial charge >= 0.3 is 0 Å². The number of rotatable bonds is 0. The molecule has 1 aliphatic rings. The summed E-state index contributed by atoms with van der Waals surface area (Å²) in [6.07, 6.45) is 6.21. The number of halogens is 1. The first-order valence-corrected chi connectivity index (χ1v) is 4.24. The maximum atomic E-state index is 5.70. The predicted octanol–water partition coefficient (Wildman–Crippen LogP) is 2.01. The smallest absolute Gasteiger partial charge is 0.147 e. The van der Waals surface area contributed by atoms with E-state index in [1.807, 2.05) is 0 Å². The van der Waals surface area contributed by atoms with Crippen molar-refractivity contribution in [1.82, 2.24) is 9.97 Å².